The molecule has 4 nitrogen and oxygen atoms in total. The van der Waals surface area contributed by atoms with Crippen LogP contribution in [0.2, 0.25) is 0 Å². The molecule has 0 aromatic heterocycles. The van der Waals surface area contributed by atoms with E-state index in [-0.39, 0.29) is 11.2 Å². The summed E-state index contributed by atoms with van der Waals surface area (Å²) >= 11 is 0. The molecule has 0 heterocycles. The maximum Gasteiger partial charge on any atom is 0.492 e. The minimum Gasteiger partial charge on any atom is -0.505 e. The lowest BCUT2D eigenvalue weighted by Gasteiger charge is -2.06. The Morgan fingerprint density at radius 3 is 2.17 bits per heavy atom. The number of phenols is 2. The van der Waals surface area contributed by atoms with Crippen molar-refractivity contribution in [3.05, 3.63) is 17.7 Å². The minimum atomic E-state index is -1.77. The Balaban J connectivity index is 3.27. The standard InChI is InChI=1S/C7H9BO4/c1-4-2-3-5(8(11)12)7(10)6(4)9/h2-3,9-12H,1H3. The lowest BCUT2D eigenvalue weighted by molar-refractivity contribution is 0.394. The first-order chi connectivity index (χ1) is 5.54. The second-order valence-electron chi connectivity index (χ2n) is 2.54. The molecule has 1 rings (SSSR count). The van der Waals surface area contributed by atoms with Gasteiger partial charge in [-0.05, 0) is 12.5 Å². The van der Waals surface area contributed by atoms with Gasteiger partial charge >= 0.3 is 7.12 Å². The van der Waals surface area contributed by atoms with Crippen LogP contribution >= 0.6 is 0 Å². The van der Waals surface area contributed by atoms with E-state index in [1.165, 1.54) is 12.1 Å². The van der Waals surface area contributed by atoms with Crippen molar-refractivity contribution in [3.8, 4) is 11.5 Å². The van der Waals surface area contributed by atoms with E-state index < -0.39 is 12.9 Å². The Morgan fingerprint density at radius 2 is 1.67 bits per heavy atom. The van der Waals surface area contributed by atoms with Gasteiger partial charge in [0.05, 0.1) is 0 Å². The molecule has 4 N–H and O–H groups in total. The van der Waals surface area contributed by atoms with E-state index in [9.17, 15) is 5.11 Å². The van der Waals surface area contributed by atoms with E-state index in [4.69, 9.17) is 15.2 Å². The van der Waals surface area contributed by atoms with E-state index >= 15 is 0 Å². The summed E-state index contributed by atoms with van der Waals surface area (Å²) in [7, 11) is -1.77. The largest absolute Gasteiger partial charge is 0.505 e. The van der Waals surface area contributed by atoms with Gasteiger partial charge in [-0.1, -0.05) is 12.1 Å². The summed E-state index contributed by atoms with van der Waals surface area (Å²) in [5.74, 6) is -0.800. The number of hydrogen-bond acceptors (Lipinski definition) is 4. The van der Waals surface area contributed by atoms with E-state index in [1.54, 1.807) is 6.92 Å². The average molecular weight is 168 g/mol. The van der Waals surface area contributed by atoms with Crippen LogP contribution < -0.4 is 5.46 Å². The molecule has 0 saturated carbocycles. The van der Waals surface area contributed by atoms with Gasteiger partial charge in [-0.25, -0.2) is 0 Å². The fourth-order valence-corrected chi connectivity index (χ4v) is 0.904. The Kier molecular flexibility index (Phi) is 2.26. The molecule has 0 bridgehead atoms. The van der Waals surface area contributed by atoms with Gasteiger partial charge in [-0.3, -0.25) is 0 Å². The smallest absolute Gasteiger partial charge is 0.492 e. The summed E-state index contributed by atoms with van der Waals surface area (Å²) in [5.41, 5.74) is 0.384. The molecular weight excluding hydrogens is 159 g/mol. The van der Waals surface area contributed by atoms with Gasteiger partial charge in [0.1, 0.15) is 0 Å². The van der Waals surface area contributed by atoms with E-state index in [0.29, 0.717) is 5.56 Å². The van der Waals surface area contributed by atoms with Crippen molar-refractivity contribution >= 4 is 12.6 Å². The third-order valence-electron chi connectivity index (χ3n) is 1.66. The molecule has 0 amide bonds. The summed E-state index contributed by atoms with van der Waals surface area (Å²) in [6.45, 7) is 1.60. The first-order valence-corrected chi connectivity index (χ1v) is 3.41. The van der Waals surface area contributed by atoms with Crippen LogP contribution in [0.5, 0.6) is 11.5 Å². The van der Waals surface area contributed by atoms with Gasteiger partial charge in [-0.15, -0.1) is 0 Å². The zero-order valence-corrected chi connectivity index (χ0v) is 6.52. The molecule has 0 saturated heterocycles. The maximum absolute atomic E-state index is 9.18. The van der Waals surface area contributed by atoms with Crippen molar-refractivity contribution in [1.82, 2.24) is 0 Å². The van der Waals surface area contributed by atoms with Crippen molar-refractivity contribution in [1.29, 1.82) is 0 Å². The van der Waals surface area contributed by atoms with Crippen LogP contribution in [0.4, 0.5) is 0 Å². The number of hydrogen-bond donors (Lipinski definition) is 4. The first kappa shape index (κ1) is 8.90. The van der Waals surface area contributed by atoms with Crippen LogP contribution in [0.1, 0.15) is 5.56 Å². The molecule has 0 spiro atoms. The molecule has 1 aromatic carbocycles. The highest BCUT2D eigenvalue weighted by Gasteiger charge is 2.18. The maximum atomic E-state index is 9.18. The number of aryl methyl sites for hydroxylation is 1. The predicted octanol–water partition coefficient (Wildman–Crippen LogP) is -0.914. The topological polar surface area (TPSA) is 80.9 Å². The SMILES string of the molecule is Cc1ccc(B(O)O)c(O)c1O. The molecule has 0 radical (unpaired) electrons. The molecule has 0 fully saturated rings. The van der Waals surface area contributed by atoms with Crippen LogP contribution in [0, 0.1) is 6.92 Å². The van der Waals surface area contributed by atoms with Crippen molar-refractivity contribution in [2.24, 2.45) is 0 Å². The van der Waals surface area contributed by atoms with Gasteiger partial charge < -0.3 is 20.3 Å². The number of phenolic OH excluding ortho intramolecular Hbond substituents is 2. The Hall–Kier alpha value is -1.20. The second-order valence-corrected chi connectivity index (χ2v) is 2.54. The van der Waals surface area contributed by atoms with Crippen molar-refractivity contribution < 1.29 is 20.3 Å². The summed E-state index contributed by atoms with van der Waals surface area (Å²) in [4.78, 5) is 0. The van der Waals surface area contributed by atoms with Crippen LogP contribution in [0.15, 0.2) is 12.1 Å². The number of aromatic hydroxyl groups is 2. The summed E-state index contributed by atoms with van der Waals surface area (Å²) in [5, 5.41) is 35.8. The molecule has 0 aliphatic heterocycles. The Bertz CT molecular complexity index is 298. The predicted molar refractivity (Wildman–Crippen MR) is 44.3 cm³/mol. The zero-order valence-electron chi connectivity index (χ0n) is 6.52. The van der Waals surface area contributed by atoms with E-state index in [0.717, 1.165) is 0 Å². The fraction of sp³-hybridized carbons (Fsp3) is 0.143. The highest BCUT2D eigenvalue weighted by molar-refractivity contribution is 6.59. The molecule has 1 aromatic rings. The molecule has 64 valence electrons. The highest BCUT2D eigenvalue weighted by Crippen LogP contribution is 2.25. The molecule has 0 unspecified atom stereocenters. The van der Waals surface area contributed by atoms with Crippen molar-refractivity contribution in [2.75, 3.05) is 0 Å². The third-order valence-corrected chi connectivity index (χ3v) is 1.66. The van der Waals surface area contributed by atoms with Crippen LogP contribution in [-0.4, -0.2) is 27.4 Å². The summed E-state index contributed by atoms with van der Waals surface area (Å²) in [6.07, 6.45) is 0. The van der Waals surface area contributed by atoms with Crippen LogP contribution in [0.25, 0.3) is 0 Å². The Labute approximate surface area is 69.9 Å². The molecule has 0 atom stereocenters. The quantitative estimate of drug-likeness (QED) is 0.323. The van der Waals surface area contributed by atoms with E-state index in [1.807, 2.05) is 0 Å². The van der Waals surface area contributed by atoms with E-state index in [2.05, 4.69) is 0 Å². The van der Waals surface area contributed by atoms with Gasteiger partial charge in [0.25, 0.3) is 0 Å². The molecule has 5 heteroatoms. The van der Waals surface area contributed by atoms with Gasteiger partial charge in [-0.2, -0.15) is 0 Å². The second kappa shape index (κ2) is 3.04. The van der Waals surface area contributed by atoms with Crippen molar-refractivity contribution in [3.63, 3.8) is 0 Å². The van der Waals surface area contributed by atoms with Gasteiger partial charge in [0.2, 0.25) is 0 Å². The third kappa shape index (κ3) is 1.37. The first-order valence-electron chi connectivity index (χ1n) is 3.41. The summed E-state index contributed by atoms with van der Waals surface area (Å²) < 4.78 is 0. The molecule has 0 aliphatic carbocycles. The molecule has 12 heavy (non-hydrogen) atoms. The van der Waals surface area contributed by atoms with Crippen LogP contribution in [0.3, 0.4) is 0 Å². The van der Waals surface area contributed by atoms with Crippen molar-refractivity contribution in [2.45, 2.75) is 6.92 Å². The minimum absolute atomic E-state index is 0.0990. The molecular formula is C7H9BO4. The normalized spacial score (nSPS) is 9.92. The number of benzene rings is 1. The van der Waals surface area contributed by atoms with Crippen LogP contribution in [-0.2, 0) is 0 Å². The Morgan fingerprint density at radius 1 is 1.08 bits per heavy atom. The zero-order chi connectivity index (χ0) is 9.30. The fourth-order valence-electron chi connectivity index (χ4n) is 0.904. The molecule has 0 aliphatic rings. The van der Waals surface area contributed by atoms with Gasteiger partial charge in [0, 0.05) is 5.46 Å². The summed E-state index contributed by atoms with van der Waals surface area (Å²) in [6, 6.07) is 2.83. The lowest BCUT2D eigenvalue weighted by atomic mass is 9.79. The average Bonchev–Trinajstić information content (AvgIpc) is 2.00. The monoisotopic (exact) mass is 168 g/mol. The lowest BCUT2D eigenvalue weighted by Crippen LogP contribution is -2.29. The number of rotatable bonds is 1. The van der Waals surface area contributed by atoms with Gasteiger partial charge in [0.15, 0.2) is 11.5 Å². The highest BCUT2D eigenvalue weighted by atomic mass is 16.4.